The molecule has 0 saturated carbocycles. The van der Waals surface area contributed by atoms with Crippen LogP contribution in [0.2, 0.25) is 5.02 Å². The molecular formula is C30H27ClN2O3. The first-order valence-corrected chi connectivity index (χ1v) is 12.2. The van der Waals surface area contributed by atoms with Crippen molar-refractivity contribution < 1.29 is 14.7 Å². The number of carboxylic acid groups (broad SMARTS) is 1. The van der Waals surface area contributed by atoms with Crippen LogP contribution in [0.15, 0.2) is 85.1 Å². The Bertz CT molecular complexity index is 1350. The molecule has 4 rings (SSSR count). The zero-order valence-corrected chi connectivity index (χ0v) is 20.8. The van der Waals surface area contributed by atoms with Crippen molar-refractivity contribution in [2.24, 2.45) is 0 Å². The van der Waals surface area contributed by atoms with Crippen molar-refractivity contribution in [3.05, 3.63) is 107 Å². The molecule has 6 heteroatoms. The molecule has 0 radical (unpaired) electrons. The highest BCUT2D eigenvalue weighted by atomic mass is 35.5. The molecule has 3 aromatic carbocycles. The molecule has 0 aliphatic carbocycles. The summed E-state index contributed by atoms with van der Waals surface area (Å²) >= 11 is 6.40. The highest BCUT2D eigenvalue weighted by Crippen LogP contribution is 2.26. The Labute approximate surface area is 215 Å². The van der Waals surface area contributed by atoms with Gasteiger partial charge in [-0.05, 0) is 72.0 Å². The molecule has 182 valence electrons. The third-order valence-electron chi connectivity index (χ3n) is 5.90. The number of hydrogen-bond acceptors (Lipinski definition) is 4. The van der Waals surface area contributed by atoms with Crippen LogP contribution in [0.1, 0.15) is 40.9 Å². The van der Waals surface area contributed by atoms with Gasteiger partial charge in [0.25, 0.3) is 0 Å². The number of carboxylic acids is 1. The van der Waals surface area contributed by atoms with E-state index in [2.05, 4.69) is 65.8 Å². The van der Waals surface area contributed by atoms with Crippen LogP contribution < -0.4 is 5.32 Å². The number of ketones is 1. The lowest BCUT2D eigenvalue weighted by Gasteiger charge is -2.11. The number of aryl methyl sites for hydroxylation is 1. The number of nitrogens with zero attached hydrogens (tertiary/aromatic N) is 1. The van der Waals surface area contributed by atoms with Gasteiger partial charge < -0.3 is 10.4 Å². The third kappa shape index (κ3) is 6.80. The number of Topliss-reactive ketones (excluding diaryl/α,β-unsaturated/α-hetero) is 1. The predicted molar refractivity (Wildman–Crippen MR) is 144 cm³/mol. The molecule has 0 atom stereocenters. The van der Waals surface area contributed by atoms with Gasteiger partial charge in [0.2, 0.25) is 0 Å². The summed E-state index contributed by atoms with van der Waals surface area (Å²) in [7, 11) is 0. The average Bonchev–Trinajstić information content (AvgIpc) is 2.88. The number of carbonyl (C=O) groups excluding carboxylic acids is 1. The molecule has 1 heterocycles. The molecule has 4 aromatic rings. The van der Waals surface area contributed by atoms with Gasteiger partial charge in [-0.1, -0.05) is 59.6 Å². The Morgan fingerprint density at radius 2 is 1.50 bits per heavy atom. The first-order valence-electron chi connectivity index (χ1n) is 11.8. The molecule has 5 nitrogen and oxygen atoms in total. The van der Waals surface area contributed by atoms with Crippen LogP contribution in [0, 0.1) is 6.92 Å². The fourth-order valence-corrected chi connectivity index (χ4v) is 4.17. The van der Waals surface area contributed by atoms with E-state index in [-0.39, 0.29) is 18.6 Å². The number of halogens is 1. The Balaban J connectivity index is 1.40. The van der Waals surface area contributed by atoms with E-state index in [4.69, 9.17) is 16.7 Å². The van der Waals surface area contributed by atoms with Crippen molar-refractivity contribution in [1.29, 1.82) is 0 Å². The summed E-state index contributed by atoms with van der Waals surface area (Å²) in [5.74, 6) is -1.07. The molecule has 0 saturated heterocycles. The molecule has 2 N–H and O–H groups in total. The lowest BCUT2D eigenvalue weighted by atomic mass is 10.0. The van der Waals surface area contributed by atoms with Crippen molar-refractivity contribution in [2.75, 3.05) is 5.32 Å². The molecule has 0 spiro atoms. The van der Waals surface area contributed by atoms with Crippen molar-refractivity contribution in [3.63, 3.8) is 0 Å². The van der Waals surface area contributed by atoms with Crippen LogP contribution in [0.3, 0.4) is 0 Å². The van der Waals surface area contributed by atoms with Gasteiger partial charge in [-0.15, -0.1) is 0 Å². The molecule has 0 amide bonds. The molecule has 0 unspecified atom stereocenters. The normalized spacial score (nSPS) is 10.7. The third-order valence-corrected chi connectivity index (χ3v) is 6.12. The lowest BCUT2D eigenvalue weighted by molar-refractivity contribution is -0.137. The van der Waals surface area contributed by atoms with Gasteiger partial charge in [0.15, 0.2) is 5.78 Å². The number of benzene rings is 3. The molecule has 0 aliphatic heterocycles. The first-order chi connectivity index (χ1) is 17.4. The van der Waals surface area contributed by atoms with Crippen LogP contribution in [0.25, 0.3) is 22.3 Å². The quantitative estimate of drug-likeness (QED) is 0.222. The molecule has 0 bridgehead atoms. The minimum absolute atomic E-state index is 0.0277. The lowest BCUT2D eigenvalue weighted by Crippen LogP contribution is -2.04. The Morgan fingerprint density at radius 1 is 0.833 bits per heavy atom. The summed E-state index contributed by atoms with van der Waals surface area (Å²) in [6.07, 6.45) is 2.09. The van der Waals surface area contributed by atoms with Gasteiger partial charge >= 0.3 is 5.97 Å². The zero-order chi connectivity index (χ0) is 25.5. The van der Waals surface area contributed by atoms with Gasteiger partial charge in [0, 0.05) is 41.9 Å². The van der Waals surface area contributed by atoms with Crippen LogP contribution in [-0.4, -0.2) is 21.8 Å². The number of aromatic nitrogens is 1. The van der Waals surface area contributed by atoms with Gasteiger partial charge in [-0.25, -0.2) is 0 Å². The van der Waals surface area contributed by atoms with Gasteiger partial charge in [0.05, 0.1) is 0 Å². The topological polar surface area (TPSA) is 79.3 Å². The van der Waals surface area contributed by atoms with Crippen molar-refractivity contribution >= 4 is 29.0 Å². The second-order valence-corrected chi connectivity index (χ2v) is 9.18. The van der Waals surface area contributed by atoms with E-state index in [9.17, 15) is 9.59 Å². The van der Waals surface area contributed by atoms with Crippen LogP contribution >= 0.6 is 11.6 Å². The van der Waals surface area contributed by atoms with Crippen molar-refractivity contribution in [1.82, 2.24) is 4.98 Å². The Morgan fingerprint density at radius 3 is 2.14 bits per heavy atom. The monoisotopic (exact) mass is 498 g/mol. The molecule has 0 fully saturated rings. The van der Waals surface area contributed by atoms with Gasteiger partial charge in [-0.3, -0.25) is 14.6 Å². The number of aliphatic carboxylic acids is 1. The minimum atomic E-state index is -0.906. The zero-order valence-electron chi connectivity index (χ0n) is 20.0. The summed E-state index contributed by atoms with van der Waals surface area (Å²) in [6, 6.07) is 26.2. The maximum absolute atomic E-state index is 12.2. The molecule has 1 aromatic heterocycles. The molecular weight excluding hydrogens is 472 g/mol. The van der Waals surface area contributed by atoms with Gasteiger partial charge in [0.1, 0.15) is 5.69 Å². The number of rotatable bonds is 10. The molecule has 0 aliphatic rings. The fourth-order valence-electron chi connectivity index (χ4n) is 3.91. The van der Waals surface area contributed by atoms with Crippen LogP contribution in [0.5, 0.6) is 0 Å². The van der Waals surface area contributed by atoms with E-state index < -0.39 is 5.97 Å². The number of pyridine rings is 1. The van der Waals surface area contributed by atoms with E-state index >= 15 is 0 Å². The van der Waals surface area contributed by atoms with Gasteiger partial charge in [-0.2, -0.15) is 0 Å². The minimum Gasteiger partial charge on any atom is -0.481 e. The van der Waals surface area contributed by atoms with Crippen molar-refractivity contribution in [2.45, 2.75) is 32.7 Å². The largest absolute Gasteiger partial charge is 0.481 e. The SMILES string of the molecule is Cc1ccc(-c2ccc(NCc3cc(Cl)cc(-c4ccc(C(=O)CCCC(=O)O)nc4)c3)cc2)cc1. The number of carbonyl (C=O) groups is 2. The summed E-state index contributed by atoms with van der Waals surface area (Å²) in [6.45, 7) is 2.68. The second kappa shape index (κ2) is 11.6. The Kier molecular flexibility index (Phi) is 8.13. The van der Waals surface area contributed by atoms with Crippen molar-refractivity contribution in [3.8, 4) is 22.3 Å². The van der Waals surface area contributed by atoms with E-state index in [1.54, 1.807) is 12.3 Å². The maximum Gasteiger partial charge on any atom is 0.303 e. The van der Waals surface area contributed by atoms with E-state index in [1.807, 2.05) is 24.3 Å². The second-order valence-electron chi connectivity index (χ2n) is 8.75. The predicted octanol–water partition coefficient (Wildman–Crippen LogP) is 7.43. The van der Waals surface area contributed by atoms with E-state index in [0.29, 0.717) is 23.7 Å². The summed E-state index contributed by atoms with van der Waals surface area (Å²) < 4.78 is 0. The fraction of sp³-hybridized carbons (Fsp3) is 0.167. The smallest absolute Gasteiger partial charge is 0.303 e. The highest BCUT2D eigenvalue weighted by Gasteiger charge is 2.10. The number of anilines is 1. The molecule has 36 heavy (non-hydrogen) atoms. The average molecular weight is 499 g/mol. The maximum atomic E-state index is 12.2. The Hall–Kier alpha value is -3.96. The van der Waals surface area contributed by atoms with Crippen LogP contribution in [-0.2, 0) is 11.3 Å². The standard InChI is InChI=1S/C30H27ClN2O3/c1-20-5-7-22(8-6-20)23-9-12-27(13-10-23)32-18-21-15-25(17-26(31)16-21)24-11-14-28(33-19-24)29(34)3-2-4-30(35)36/h5-17,19,32H,2-4,18H2,1H3,(H,35,36). The summed E-state index contributed by atoms with van der Waals surface area (Å²) in [5, 5.41) is 12.8. The first kappa shape index (κ1) is 25.1. The summed E-state index contributed by atoms with van der Waals surface area (Å²) in [4.78, 5) is 27.2. The van der Waals surface area contributed by atoms with E-state index in [0.717, 1.165) is 22.4 Å². The summed E-state index contributed by atoms with van der Waals surface area (Å²) in [5.41, 5.74) is 7.73. The van der Waals surface area contributed by atoms with E-state index in [1.165, 1.54) is 16.7 Å². The highest BCUT2D eigenvalue weighted by molar-refractivity contribution is 6.31. The number of hydrogen-bond donors (Lipinski definition) is 2. The van der Waals surface area contributed by atoms with Crippen LogP contribution in [0.4, 0.5) is 5.69 Å². The number of nitrogens with one attached hydrogen (secondary N) is 1.